The van der Waals surface area contributed by atoms with Gasteiger partial charge in [-0.3, -0.25) is 14.4 Å². The molecule has 0 spiro atoms. The van der Waals surface area contributed by atoms with Crippen LogP contribution in [0, 0.1) is 0 Å². The quantitative estimate of drug-likeness (QED) is 0.391. The summed E-state index contributed by atoms with van der Waals surface area (Å²) in [6.07, 6.45) is 0.752. The number of aliphatic hydroxyl groups is 1. The minimum Gasteiger partial charge on any atom is -0.390 e. The van der Waals surface area contributed by atoms with Gasteiger partial charge < -0.3 is 25.2 Å². The van der Waals surface area contributed by atoms with Gasteiger partial charge in [-0.25, -0.2) is 13.4 Å². The van der Waals surface area contributed by atoms with Gasteiger partial charge in [-0.05, 0) is 44.4 Å². The molecule has 2 heterocycles. The van der Waals surface area contributed by atoms with Crippen LogP contribution in [0.5, 0.6) is 0 Å². The molecule has 1 aliphatic carbocycles. The number of carbonyl (C=O) groups is 3. The van der Waals surface area contributed by atoms with Crippen molar-refractivity contribution in [3.8, 4) is 0 Å². The molecule has 1 fully saturated rings. The molecule has 1 saturated carbocycles. The second-order valence-corrected chi connectivity index (χ2v) is 13.8. The average molecular weight is 566 g/mol. The van der Waals surface area contributed by atoms with Gasteiger partial charge >= 0.3 is 0 Å². The maximum atomic E-state index is 13.7. The number of benzene rings is 1. The molecular formula is C25H32ClN5O6S. The van der Waals surface area contributed by atoms with Crippen LogP contribution in [0.25, 0.3) is 0 Å². The molecule has 1 aliphatic heterocycles. The second kappa shape index (κ2) is 10.3. The zero-order valence-corrected chi connectivity index (χ0v) is 23.1. The van der Waals surface area contributed by atoms with Crippen molar-refractivity contribution in [1.29, 1.82) is 0 Å². The van der Waals surface area contributed by atoms with E-state index in [1.807, 2.05) is 0 Å². The van der Waals surface area contributed by atoms with Crippen molar-refractivity contribution in [2.75, 3.05) is 19.6 Å². The van der Waals surface area contributed by atoms with Crippen molar-refractivity contribution in [2.24, 2.45) is 0 Å². The van der Waals surface area contributed by atoms with Crippen LogP contribution >= 0.6 is 11.6 Å². The number of sulfone groups is 1. The van der Waals surface area contributed by atoms with E-state index in [9.17, 15) is 27.9 Å². The van der Waals surface area contributed by atoms with Crippen LogP contribution in [-0.2, 0) is 27.7 Å². The molecule has 1 aromatic heterocycles. The number of halogens is 1. The maximum absolute atomic E-state index is 13.7. The van der Waals surface area contributed by atoms with Crippen molar-refractivity contribution in [3.05, 3.63) is 52.6 Å². The van der Waals surface area contributed by atoms with E-state index in [4.69, 9.17) is 11.6 Å². The van der Waals surface area contributed by atoms with Gasteiger partial charge in [0.15, 0.2) is 15.7 Å². The highest BCUT2D eigenvalue weighted by molar-refractivity contribution is 7.94. The largest absolute Gasteiger partial charge is 0.390 e. The first-order valence-electron chi connectivity index (χ1n) is 12.3. The van der Waals surface area contributed by atoms with Crippen molar-refractivity contribution >= 4 is 39.2 Å². The average Bonchev–Trinajstić information content (AvgIpc) is 3.53. The number of fused-ring (bicyclic) bond motifs is 1. The van der Waals surface area contributed by atoms with E-state index < -0.39 is 37.2 Å². The van der Waals surface area contributed by atoms with Gasteiger partial charge in [-0.1, -0.05) is 23.7 Å². The summed E-state index contributed by atoms with van der Waals surface area (Å²) in [5.41, 5.74) is 1.07. The van der Waals surface area contributed by atoms with Gasteiger partial charge in [0, 0.05) is 44.7 Å². The number of aromatic nitrogens is 2. The summed E-state index contributed by atoms with van der Waals surface area (Å²) in [6, 6.07) is 7.05. The molecule has 3 amide bonds. The number of rotatable bonds is 10. The molecule has 4 rings (SSSR count). The Morgan fingerprint density at radius 2 is 1.84 bits per heavy atom. The molecule has 0 bridgehead atoms. The molecule has 13 heteroatoms. The smallest absolute Gasteiger partial charge is 0.287 e. The minimum absolute atomic E-state index is 0.0201. The molecular weight excluding hydrogens is 534 g/mol. The Kier molecular flexibility index (Phi) is 7.61. The van der Waals surface area contributed by atoms with Crippen LogP contribution < -0.4 is 10.6 Å². The summed E-state index contributed by atoms with van der Waals surface area (Å²) >= 11 is 5.89. The fraction of sp³-hybridized carbons (Fsp3) is 0.520. The predicted octanol–water partition coefficient (Wildman–Crippen LogP) is 1.15. The lowest BCUT2D eigenvalue weighted by atomic mass is 10.1. The van der Waals surface area contributed by atoms with E-state index in [1.165, 1.54) is 31.9 Å². The van der Waals surface area contributed by atoms with E-state index in [-0.39, 0.29) is 50.1 Å². The number of imidazole rings is 1. The second-order valence-electron chi connectivity index (χ2n) is 10.4. The lowest BCUT2D eigenvalue weighted by Gasteiger charge is -2.37. The van der Waals surface area contributed by atoms with E-state index >= 15 is 0 Å². The summed E-state index contributed by atoms with van der Waals surface area (Å²) in [5, 5.41) is 16.4. The molecule has 1 aromatic carbocycles. The topological polar surface area (TPSA) is 151 Å². The first-order chi connectivity index (χ1) is 17.8. The Labute approximate surface area is 226 Å². The zero-order chi connectivity index (χ0) is 27.9. The SMILES string of the molecule is CC(=O)NC[C@@H](O)C(C)(C)S(=O)(=O)C1(CN2CCn3c(cnc3C(=O)NCc3ccc(Cl)cc3)C2=O)CC1. The van der Waals surface area contributed by atoms with Crippen molar-refractivity contribution in [3.63, 3.8) is 0 Å². The van der Waals surface area contributed by atoms with E-state index in [0.29, 0.717) is 17.9 Å². The highest BCUT2D eigenvalue weighted by Crippen LogP contribution is 2.49. The fourth-order valence-electron chi connectivity index (χ4n) is 4.68. The summed E-state index contributed by atoms with van der Waals surface area (Å²) < 4.78 is 26.2. The Bertz CT molecular complexity index is 1350. The highest BCUT2D eigenvalue weighted by Gasteiger charge is 2.62. The number of nitrogens with zero attached hydrogens (tertiary/aromatic N) is 3. The van der Waals surface area contributed by atoms with Crippen molar-refractivity contribution in [1.82, 2.24) is 25.1 Å². The van der Waals surface area contributed by atoms with Gasteiger partial charge in [-0.2, -0.15) is 0 Å². The highest BCUT2D eigenvalue weighted by atomic mass is 35.5. The maximum Gasteiger partial charge on any atom is 0.287 e. The molecule has 2 aromatic rings. The molecule has 3 N–H and O–H groups in total. The number of nitrogens with one attached hydrogen (secondary N) is 2. The van der Waals surface area contributed by atoms with Gasteiger partial charge in [0.1, 0.15) is 5.69 Å². The van der Waals surface area contributed by atoms with Crippen LogP contribution in [0.2, 0.25) is 5.02 Å². The third-order valence-electron chi connectivity index (χ3n) is 7.42. The van der Waals surface area contributed by atoms with Crippen LogP contribution in [0.4, 0.5) is 0 Å². The van der Waals surface area contributed by atoms with Crippen molar-refractivity contribution in [2.45, 2.75) is 62.3 Å². The van der Waals surface area contributed by atoms with Crippen LogP contribution in [0.15, 0.2) is 30.5 Å². The van der Waals surface area contributed by atoms with E-state index in [1.54, 1.807) is 28.8 Å². The molecule has 0 unspecified atom stereocenters. The van der Waals surface area contributed by atoms with Gasteiger partial charge in [0.25, 0.3) is 11.8 Å². The number of hydrogen-bond donors (Lipinski definition) is 3. The summed E-state index contributed by atoms with van der Waals surface area (Å²) in [5.74, 6) is -1.09. The van der Waals surface area contributed by atoms with E-state index in [0.717, 1.165) is 5.56 Å². The zero-order valence-electron chi connectivity index (χ0n) is 21.5. The number of amides is 3. The molecule has 0 radical (unpaired) electrons. The van der Waals surface area contributed by atoms with Gasteiger partial charge in [-0.15, -0.1) is 0 Å². The van der Waals surface area contributed by atoms with Crippen LogP contribution in [0.3, 0.4) is 0 Å². The van der Waals surface area contributed by atoms with Crippen LogP contribution in [0.1, 0.15) is 60.3 Å². The van der Waals surface area contributed by atoms with Crippen LogP contribution in [-0.4, -0.2) is 80.9 Å². The normalized spacial score (nSPS) is 17.5. The first kappa shape index (κ1) is 28.1. The lowest BCUT2D eigenvalue weighted by molar-refractivity contribution is -0.119. The molecule has 0 saturated heterocycles. The lowest BCUT2D eigenvalue weighted by Crippen LogP contribution is -2.56. The fourth-order valence-corrected chi connectivity index (χ4v) is 7.32. The van der Waals surface area contributed by atoms with E-state index in [2.05, 4.69) is 15.6 Å². The molecule has 206 valence electrons. The molecule has 11 nitrogen and oxygen atoms in total. The Morgan fingerprint density at radius 3 is 2.45 bits per heavy atom. The monoisotopic (exact) mass is 565 g/mol. The van der Waals surface area contributed by atoms with Gasteiger partial charge in [0.05, 0.1) is 21.8 Å². The molecule has 38 heavy (non-hydrogen) atoms. The molecule has 2 aliphatic rings. The number of aliphatic hydroxyl groups excluding tert-OH is 1. The Balaban J connectivity index is 1.44. The molecule has 1 atom stereocenters. The first-order valence-corrected chi connectivity index (χ1v) is 14.2. The Morgan fingerprint density at radius 1 is 1.18 bits per heavy atom. The minimum atomic E-state index is -3.91. The summed E-state index contributed by atoms with van der Waals surface area (Å²) in [6.45, 7) is 4.73. The number of carbonyl (C=O) groups excluding carboxylic acids is 3. The van der Waals surface area contributed by atoms with Gasteiger partial charge in [0.2, 0.25) is 5.91 Å². The summed E-state index contributed by atoms with van der Waals surface area (Å²) in [7, 11) is -3.91. The van der Waals surface area contributed by atoms with Crippen molar-refractivity contribution < 1.29 is 27.9 Å². The third kappa shape index (κ3) is 5.16. The summed E-state index contributed by atoms with van der Waals surface area (Å²) in [4.78, 5) is 42.9. The predicted molar refractivity (Wildman–Crippen MR) is 140 cm³/mol. The number of hydrogen-bond acceptors (Lipinski definition) is 7. The standard InChI is InChI=1S/C25H32ClN5O6S/c1-16(32)27-14-20(33)24(2,3)38(36,37)25(8-9-25)15-30-10-11-31-19(23(30)35)13-28-21(31)22(34)29-12-17-4-6-18(26)7-5-17/h4-7,13,20,33H,8-12,14-15H2,1-3H3,(H,27,32)(H,29,34)/t20-/m1/s1. The Hall–Kier alpha value is -2.96. The third-order valence-corrected chi connectivity index (χ3v) is 11.0.